The van der Waals surface area contributed by atoms with E-state index >= 15 is 0 Å². The molecule has 1 saturated heterocycles. The largest absolute Gasteiger partial charge is 0.367 e. The van der Waals surface area contributed by atoms with E-state index in [-0.39, 0.29) is 18.6 Å². The molecule has 1 aliphatic rings. The topological polar surface area (TPSA) is 50.4 Å². The molecular formula is C13H18N2O2. The van der Waals surface area contributed by atoms with Crippen LogP contribution in [0.25, 0.3) is 0 Å². The maximum absolute atomic E-state index is 11.6. The van der Waals surface area contributed by atoms with Crippen LogP contribution in [0.5, 0.6) is 0 Å². The predicted octanol–water partition coefficient (Wildman–Crippen LogP) is 1.39. The van der Waals surface area contributed by atoms with Crippen LogP contribution in [0.15, 0.2) is 30.3 Å². The number of benzene rings is 1. The lowest BCUT2D eigenvalue weighted by molar-refractivity contribution is -0.122. The highest BCUT2D eigenvalue weighted by atomic mass is 16.5. The monoisotopic (exact) mass is 234 g/mol. The highest BCUT2D eigenvalue weighted by molar-refractivity contribution is 5.91. The van der Waals surface area contributed by atoms with Gasteiger partial charge < -0.3 is 15.4 Å². The molecule has 0 unspecified atom stereocenters. The fourth-order valence-electron chi connectivity index (χ4n) is 1.87. The van der Waals surface area contributed by atoms with Crippen LogP contribution in [0.4, 0.5) is 5.69 Å². The minimum atomic E-state index is -0.0956. The molecule has 1 aromatic carbocycles. The average Bonchev–Trinajstić information content (AvgIpc) is 2.39. The summed E-state index contributed by atoms with van der Waals surface area (Å²) in [5.41, 5.74) is 0.808. The van der Waals surface area contributed by atoms with Crippen LogP contribution in [0.3, 0.4) is 0 Å². The Bertz CT molecular complexity index is 348. The van der Waals surface area contributed by atoms with E-state index in [2.05, 4.69) is 10.6 Å². The zero-order valence-corrected chi connectivity index (χ0v) is 9.82. The van der Waals surface area contributed by atoms with Gasteiger partial charge in [-0.25, -0.2) is 0 Å². The SMILES string of the molecule is O=C(CO[C@H]1CCCNC1)Nc1ccccc1. The summed E-state index contributed by atoms with van der Waals surface area (Å²) in [6.45, 7) is 2.02. The zero-order chi connectivity index (χ0) is 11.9. The van der Waals surface area contributed by atoms with Crippen molar-refractivity contribution in [3.63, 3.8) is 0 Å². The number of ether oxygens (including phenoxy) is 1. The van der Waals surface area contributed by atoms with Crippen molar-refractivity contribution in [2.75, 3.05) is 25.0 Å². The lowest BCUT2D eigenvalue weighted by atomic mass is 10.1. The van der Waals surface area contributed by atoms with Gasteiger partial charge in [0, 0.05) is 12.2 Å². The van der Waals surface area contributed by atoms with Crippen LogP contribution < -0.4 is 10.6 Å². The summed E-state index contributed by atoms with van der Waals surface area (Å²) >= 11 is 0. The first-order valence-corrected chi connectivity index (χ1v) is 6.02. The van der Waals surface area contributed by atoms with E-state index in [9.17, 15) is 4.79 Å². The summed E-state index contributed by atoms with van der Waals surface area (Å²) < 4.78 is 5.54. The second kappa shape index (κ2) is 6.37. The summed E-state index contributed by atoms with van der Waals surface area (Å²) in [4.78, 5) is 11.6. The number of carbonyl (C=O) groups excluding carboxylic acids is 1. The van der Waals surface area contributed by atoms with E-state index in [1.807, 2.05) is 30.3 Å². The van der Waals surface area contributed by atoms with Crippen molar-refractivity contribution in [1.29, 1.82) is 0 Å². The summed E-state index contributed by atoms with van der Waals surface area (Å²) in [7, 11) is 0. The average molecular weight is 234 g/mol. The van der Waals surface area contributed by atoms with Crippen LogP contribution in [0.2, 0.25) is 0 Å². The third-order valence-electron chi connectivity index (χ3n) is 2.76. The van der Waals surface area contributed by atoms with E-state index < -0.39 is 0 Å². The molecule has 1 atom stereocenters. The van der Waals surface area contributed by atoms with Crippen molar-refractivity contribution in [2.45, 2.75) is 18.9 Å². The number of nitrogens with one attached hydrogen (secondary N) is 2. The minimum Gasteiger partial charge on any atom is -0.367 e. The summed E-state index contributed by atoms with van der Waals surface area (Å²) in [6, 6.07) is 9.42. The minimum absolute atomic E-state index is 0.0956. The van der Waals surface area contributed by atoms with Gasteiger partial charge in [0.2, 0.25) is 5.91 Å². The summed E-state index contributed by atoms with van der Waals surface area (Å²) in [6.07, 6.45) is 2.32. The van der Waals surface area contributed by atoms with Crippen LogP contribution in [0, 0.1) is 0 Å². The Morgan fingerprint density at radius 2 is 2.24 bits per heavy atom. The zero-order valence-electron chi connectivity index (χ0n) is 9.82. The second-order valence-electron chi connectivity index (χ2n) is 4.19. The number of rotatable bonds is 4. The highest BCUT2D eigenvalue weighted by Gasteiger charge is 2.14. The molecule has 1 amide bonds. The summed E-state index contributed by atoms with van der Waals surface area (Å²) in [5, 5.41) is 6.05. The number of piperidine rings is 1. The van der Waals surface area contributed by atoms with Crippen molar-refractivity contribution in [3.05, 3.63) is 30.3 Å². The van der Waals surface area contributed by atoms with E-state index in [0.717, 1.165) is 31.6 Å². The molecule has 4 nitrogen and oxygen atoms in total. The third kappa shape index (κ3) is 4.17. The number of carbonyl (C=O) groups is 1. The molecule has 1 aromatic rings. The molecule has 2 N–H and O–H groups in total. The standard InChI is InChI=1S/C13H18N2O2/c16-13(15-11-5-2-1-3-6-11)10-17-12-7-4-8-14-9-12/h1-3,5-6,12,14H,4,7-10H2,(H,15,16)/t12-/m0/s1. The lowest BCUT2D eigenvalue weighted by Gasteiger charge is -2.22. The Kier molecular flexibility index (Phi) is 4.53. The number of amides is 1. The molecular weight excluding hydrogens is 216 g/mol. The second-order valence-corrected chi connectivity index (χ2v) is 4.19. The molecule has 0 radical (unpaired) electrons. The fraction of sp³-hybridized carbons (Fsp3) is 0.462. The van der Waals surface area contributed by atoms with Gasteiger partial charge in [-0.2, -0.15) is 0 Å². The lowest BCUT2D eigenvalue weighted by Crippen LogP contribution is -2.37. The van der Waals surface area contributed by atoms with Crippen LogP contribution in [-0.4, -0.2) is 31.7 Å². The number of para-hydroxylation sites is 1. The number of hydrogen-bond donors (Lipinski definition) is 2. The molecule has 0 aromatic heterocycles. The van der Waals surface area contributed by atoms with Gasteiger partial charge in [0.25, 0.3) is 0 Å². The molecule has 0 aliphatic carbocycles. The van der Waals surface area contributed by atoms with Gasteiger partial charge in [-0.15, -0.1) is 0 Å². The Morgan fingerprint density at radius 3 is 2.94 bits per heavy atom. The van der Waals surface area contributed by atoms with Gasteiger partial charge in [0.1, 0.15) is 6.61 Å². The molecule has 0 bridgehead atoms. The van der Waals surface area contributed by atoms with Gasteiger partial charge in [-0.1, -0.05) is 18.2 Å². The van der Waals surface area contributed by atoms with Gasteiger partial charge in [-0.05, 0) is 31.5 Å². The Hall–Kier alpha value is -1.39. The number of anilines is 1. The molecule has 0 saturated carbocycles. The van der Waals surface area contributed by atoms with Crippen molar-refractivity contribution < 1.29 is 9.53 Å². The Balaban J connectivity index is 1.70. The fourth-order valence-corrected chi connectivity index (χ4v) is 1.87. The van der Waals surface area contributed by atoms with Gasteiger partial charge in [-0.3, -0.25) is 4.79 Å². The van der Waals surface area contributed by atoms with E-state index in [4.69, 9.17) is 4.74 Å². The van der Waals surface area contributed by atoms with Crippen molar-refractivity contribution in [2.24, 2.45) is 0 Å². The smallest absolute Gasteiger partial charge is 0.250 e. The van der Waals surface area contributed by atoms with Crippen molar-refractivity contribution in [1.82, 2.24) is 5.32 Å². The third-order valence-corrected chi connectivity index (χ3v) is 2.76. The van der Waals surface area contributed by atoms with Gasteiger partial charge in [0.15, 0.2) is 0 Å². The first kappa shape index (κ1) is 12.1. The highest BCUT2D eigenvalue weighted by Crippen LogP contribution is 2.07. The van der Waals surface area contributed by atoms with Crippen molar-refractivity contribution >= 4 is 11.6 Å². The molecule has 1 fully saturated rings. The van der Waals surface area contributed by atoms with Crippen LogP contribution >= 0.6 is 0 Å². The number of hydrogen-bond acceptors (Lipinski definition) is 3. The predicted molar refractivity (Wildman–Crippen MR) is 66.9 cm³/mol. The molecule has 0 spiro atoms. The Labute approximate surface area is 101 Å². The Morgan fingerprint density at radius 1 is 1.41 bits per heavy atom. The van der Waals surface area contributed by atoms with Crippen molar-refractivity contribution in [3.8, 4) is 0 Å². The maximum atomic E-state index is 11.6. The molecule has 4 heteroatoms. The molecule has 17 heavy (non-hydrogen) atoms. The molecule has 1 heterocycles. The van der Waals surface area contributed by atoms with Crippen LogP contribution in [0.1, 0.15) is 12.8 Å². The first-order valence-electron chi connectivity index (χ1n) is 6.02. The normalized spacial score (nSPS) is 19.9. The molecule has 92 valence electrons. The molecule has 2 rings (SSSR count). The van der Waals surface area contributed by atoms with Gasteiger partial charge in [0.05, 0.1) is 6.10 Å². The quantitative estimate of drug-likeness (QED) is 0.827. The first-order chi connectivity index (χ1) is 8.34. The molecule has 1 aliphatic heterocycles. The van der Waals surface area contributed by atoms with Gasteiger partial charge >= 0.3 is 0 Å². The van der Waals surface area contributed by atoms with E-state index in [1.165, 1.54) is 0 Å². The maximum Gasteiger partial charge on any atom is 0.250 e. The van der Waals surface area contributed by atoms with Crippen LogP contribution in [-0.2, 0) is 9.53 Å². The summed E-state index contributed by atoms with van der Waals surface area (Å²) in [5.74, 6) is -0.0956. The van der Waals surface area contributed by atoms with E-state index in [0.29, 0.717) is 0 Å². The van der Waals surface area contributed by atoms with E-state index in [1.54, 1.807) is 0 Å².